The predicted molar refractivity (Wildman–Crippen MR) is 126 cm³/mol. The van der Waals surface area contributed by atoms with E-state index in [1.807, 2.05) is 13.0 Å². The topological polar surface area (TPSA) is 88.6 Å². The molecule has 2 aromatic carbocycles. The Bertz CT molecular complexity index is 1320. The van der Waals surface area contributed by atoms with Crippen LogP contribution in [-0.2, 0) is 20.2 Å². The highest BCUT2D eigenvalue weighted by Crippen LogP contribution is 2.53. The largest absolute Gasteiger partial charge is 0.381 e. The normalized spacial score (nSPS) is 19.1. The molecule has 0 saturated carbocycles. The SMILES string of the molecule is CC1N(S(=O)(=O)c2ccc(F)cc2)c2ccc(NC(=O)c3cccnc3)cc2C12CCOCC2. The van der Waals surface area contributed by atoms with E-state index in [0.717, 1.165) is 17.7 Å². The van der Waals surface area contributed by atoms with Gasteiger partial charge in [-0.05, 0) is 79.9 Å². The van der Waals surface area contributed by atoms with E-state index in [1.165, 1.54) is 22.6 Å². The Labute approximate surface area is 197 Å². The number of nitrogens with zero attached hydrogens (tertiary/aromatic N) is 2. The van der Waals surface area contributed by atoms with Gasteiger partial charge in [-0.25, -0.2) is 12.8 Å². The number of ether oxygens (including phenoxy) is 1. The van der Waals surface area contributed by atoms with Crippen LogP contribution in [0.3, 0.4) is 0 Å². The molecule has 3 heterocycles. The lowest BCUT2D eigenvalue weighted by atomic mass is 9.71. The molecule has 1 atom stereocenters. The van der Waals surface area contributed by atoms with Gasteiger partial charge in [-0.3, -0.25) is 14.1 Å². The van der Waals surface area contributed by atoms with Gasteiger partial charge in [-0.2, -0.15) is 0 Å². The molecule has 1 spiro atoms. The van der Waals surface area contributed by atoms with Crippen LogP contribution < -0.4 is 9.62 Å². The van der Waals surface area contributed by atoms with Gasteiger partial charge in [0.05, 0.1) is 22.2 Å². The standard InChI is InChI=1S/C25H24FN3O4S/c1-17-25(10-13-33-14-11-25)22-15-20(28-24(30)18-3-2-12-27-16-18)6-9-23(22)29(17)34(31,32)21-7-4-19(26)5-8-21/h2-9,12,15-17H,10-11,13-14H2,1H3,(H,28,30). The number of nitrogens with one attached hydrogen (secondary N) is 1. The van der Waals surface area contributed by atoms with E-state index in [2.05, 4.69) is 10.3 Å². The fourth-order valence-corrected chi connectivity index (χ4v) is 6.79. The number of sulfonamides is 1. The van der Waals surface area contributed by atoms with Gasteiger partial charge in [0.15, 0.2) is 0 Å². The van der Waals surface area contributed by atoms with E-state index in [-0.39, 0.29) is 16.8 Å². The van der Waals surface area contributed by atoms with Gasteiger partial charge in [0, 0.05) is 36.7 Å². The fraction of sp³-hybridized carbons (Fsp3) is 0.280. The minimum absolute atomic E-state index is 0.0322. The quantitative estimate of drug-likeness (QED) is 0.606. The van der Waals surface area contributed by atoms with Crippen molar-refractivity contribution < 1.29 is 22.3 Å². The van der Waals surface area contributed by atoms with Crippen LogP contribution in [0.25, 0.3) is 0 Å². The average Bonchev–Trinajstić information content (AvgIpc) is 3.08. The molecule has 1 saturated heterocycles. The summed E-state index contributed by atoms with van der Waals surface area (Å²) in [5.74, 6) is -0.792. The van der Waals surface area contributed by atoms with Crippen LogP contribution in [0.4, 0.5) is 15.8 Å². The van der Waals surface area contributed by atoms with Gasteiger partial charge in [-0.1, -0.05) is 0 Å². The number of hydrogen-bond donors (Lipinski definition) is 1. The maximum atomic E-state index is 13.7. The number of rotatable bonds is 4. The highest BCUT2D eigenvalue weighted by molar-refractivity contribution is 7.92. The van der Waals surface area contributed by atoms with Gasteiger partial charge in [0.2, 0.25) is 0 Å². The summed E-state index contributed by atoms with van der Waals surface area (Å²) in [5, 5.41) is 2.90. The molecule has 0 radical (unpaired) electrons. The molecule has 7 nitrogen and oxygen atoms in total. The first-order valence-electron chi connectivity index (χ1n) is 11.1. The van der Waals surface area contributed by atoms with E-state index < -0.39 is 21.3 Å². The maximum Gasteiger partial charge on any atom is 0.264 e. The van der Waals surface area contributed by atoms with Gasteiger partial charge in [-0.15, -0.1) is 0 Å². The predicted octanol–water partition coefficient (Wildman–Crippen LogP) is 4.12. The minimum Gasteiger partial charge on any atom is -0.381 e. The first-order valence-corrected chi connectivity index (χ1v) is 12.5. The van der Waals surface area contributed by atoms with Crippen LogP contribution in [0, 0.1) is 5.82 Å². The Kier molecular flexibility index (Phi) is 5.61. The molecule has 0 bridgehead atoms. The monoisotopic (exact) mass is 481 g/mol. The van der Waals surface area contributed by atoms with E-state index in [4.69, 9.17) is 4.74 Å². The molecule has 2 aliphatic heterocycles. The molecule has 1 aromatic heterocycles. The van der Waals surface area contributed by atoms with Gasteiger partial charge in [0.1, 0.15) is 5.82 Å². The zero-order valence-electron chi connectivity index (χ0n) is 18.6. The zero-order valence-corrected chi connectivity index (χ0v) is 19.4. The maximum absolute atomic E-state index is 13.7. The van der Waals surface area contributed by atoms with E-state index in [1.54, 1.807) is 30.5 Å². The number of carbonyl (C=O) groups excluding carboxylic acids is 1. The lowest BCUT2D eigenvalue weighted by Crippen LogP contribution is -2.48. The molecular formula is C25H24FN3O4S. The summed E-state index contributed by atoms with van der Waals surface area (Å²) in [5.41, 5.74) is 1.97. The number of fused-ring (bicyclic) bond motifs is 2. The van der Waals surface area contributed by atoms with Crippen LogP contribution in [0.15, 0.2) is 71.9 Å². The summed E-state index contributed by atoms with van der Waals surface area (Å²) in [6, 6.07) is 13.1. The van der Waals surface area contributed by atoms with Crippen molar-refractivity contribution >= 4 is 27.3 Å². The van der Waals surface area contributed by atoms with Crippen molar-refractivity contribution in [2.24, 2.45) is 0 Å². The third-order valence-electron chi connectivity index (χ3n) is 6.86. The number of carbonyl (C=O) groups is 1. The first-order chi connectivity index (χ1) is 16.3. The Morgan fingerprint density at radius 3 is 2.56 bits per heavy atom. The summed E-state index contributed by atoms with van der Waals surface area (Å²) in [6.07, 6.45) is 4.38. The van der Waals surface area contributed by atoms with Crippen molar-refractivity contribution in [3.05, 3.63) is 83.9 Å². The summed E-state index contributed by atoms with van der Waals surface area (Å²) in [7, 11) is -3.94. The molecule has 9 heteroatoms. The van der Waals surface area contributed by atoms with Crippen LogP contribution in [0.2, 0.25) is 0 Å². The van der Waals surface area contributed by atoms with Crippen molar-refractivity contribution in [3.8, 4) is 0 Å². The molecule has 176 valence electrons. The molecule has 5 rings (SSSR count). The Morgan fingerprint density at radius 2 is 1.88 bits per heavy atom. The van der Waals surface area contributed by atoms with E-state index in [0.29, 0.717) is 43.0 Å². The minimum atomic E-state index is -3.94. The number of benzene rings is 2. The average molecular weight is 482 g/mol. The molecule has 1 unspecified atom stereocenters. The molecular weight excluding hydrogens is 457 g/mol. The number of pyridine rings is 1. The van der Waals surface area contributed by atoms with Crippen molar-refractivity contribution in [1.29, 1.82) is 0 Å². The second-order valence-electron chi connectivity index (χ2n) is 8.63. The Hall–Kier alpha value is -3.30. The molecule has 1 amide bonds. The van der Waals surface area contributed by atoms with E-state index in [9.17, 15) is 17.6 Å². The molecule has 1 N–H and O–H groups in total. The number of aromatic nitrogens is 1. The van der Waals surface area contributed by atoms with Crippen LogP contribution in [0.1, 0.15) is 35.7 Å². The molecule has 0 aliphatic carbocycles. The van der Waals surface area contributed by atoms with Crippen LogP contribution in [0.5, 0.6) is 0 Å². The molecule has 3 aromatic rings. The van der Waals surface area contributed by atoms with Gasteiger partial charge in [0.25, 0.3) is 15.9 Å². The third-order valence-corrected chi connectivity index (χ3v) is 8.76. The lowest BCUT2D eigenvalue weighted by molar-refractivity contribution is 0.0465. The van der Waals surface area contributed by atoms with Crippen molar-refractivity contribution in [1.82, 2.24) is 4.98 Å². The number of amides is 1. The van der Waals surface area contributed by atoms with Crippen molar-refractivity contribution in [2.45, 2.75) is 36.1 Å². The van der Waals surface area contributed by atoms with Crippen LogP contribution >= 0.6 is 0 Å². The second kappa shape index (κ2) is 8.48. The highest BCUT2D eigenvalue weighted by atomic mass is 32.2. The van der Waals surface area contributed by atoms with Gasteiger partial charge >= 0.3 is 0 Å². The van der Waals surface area contributed by atoms with Gasteiger partial charge < -0.3 is 10.1 Å². The lowest BCUT2D eigenvalue weighted by Gasteiger charge is -2.39. The number of halogens is 1. The number of anilines is 2. The summed E-state index contributed by atoms with van der Waals surface area (Å²) >= 11 is 0. The van der Waals surface area contributed by atoms with Crippen molar-refractivity contribution in [3.63, 3.8) is 0 Å². The zero-order chi connectivity index (χ0) is 23.9. The smallest absolute Gasteiger partial charge is 0.264 e. The van der Waals surface area contributed by atoms with Crippen LogP contribution in [-0.4, -0.2) is 38.6 Å². The fourth-order valence-electron chi connectivity index (χ4n) is 5.04. The number of hydrogen-bond acceptors (Lipinski definition) is 5. The molecule has 1 fully saturated rings. The summed E-state index contributed by atoms with van der Waals surface area (Å²) in [4.78, 5) is 16.7. The second-order valence-corrected chi connectivity index (χ2v) is 10.4. The first kappa shape index (κ1) is 22.5. The Balaban J connectivity index is 1.57. The molecule has 34 heavy (non-hydrogen) atoms. The summed E-state index contributed by atoms with van der Waals surface area (Å²) < 4.78 is 47.9. The highest BCUT2D eigenvalue weighted by Gasteiger charge is 2.53. The summed E-state index contributed by atoms with van der Waals surface area (Å²) in [6.45, 7) is 2.93. The molecule has 2 aliphatic rings. The van der Waals surface area contributed by atoms with E-state index >= 15 is 0 Å². The third kappa shape index (κ3) is 3.65. The van der Waals surface area contributed by atoms with Crippen molar-refractivity contribution in [2.75, 3.05) is 22.8 Å². The Morgan fingerprint density at radius 1 is 1.15 bits per heavy atom.